The summed E-state index contributed by atoms with van der Waals surface area (Å²) in [5.41, 5.74) is 3.38. The molecule has 34 heavy (non-hydrogen) atoms. The van der Waals surface area contributed by atoms with E-state index >= 15 is 0 Å². The van der Waals surface area contributed by atoms with Crippen molar-refractivity contribution < 1.29 is 13.2 Å². The second kappa shape index (κ2) is 12.3. The lowest BCUT2D eigenvalue weighted by Gasteiger charge is -2.26. The van der Waals surface area contributed by atoms with E-state index in [0.717, 1.165) is 39.6 Å². The molecule has 3 aromatic rings. The van der Waals surface area contributed by atoms with Gasteiger partial charge in [-0.15, -0.1) is 0 Å². The van der Waals surface area contributed by atoms with Crippen molar-refractivity contribution in [2.45, 2.75) is 30.9 Å². The maximum absolute atomic E-state index is 13.4. The monoisotopic (exact) mass is 516 g/mol. The van der Waals surface area contributed by atoms with Crippen molar-refractivity contribution in [1.29, 1.82) is 0 Å². The quantitative estimate of drug-likeness (QED) is 0.337. The van der Waals surface area contributed by atoms with E-state index in [9.17, 15) is 13.2 Å². The Morgan fingerprint density at radius 3 is 2.41 bits per heavy atom. The Hall–Kier alpha value is -2.48. The van der Waals surface area contributed by atoms with E-state index in [-0.39, 0.29) is 17.3 Å². The highest BCUT2D eigenvalue weighted by atomic mass is 35.5. The van der Waals surface area contributed by atoms with Crippen LogP contribution < -0.4 is 9.62 Å². The summed E-state index contributed by atoms with van der Waals surface area (Å²) in [6.07, 6.45) is 0.774. The molecule has 1 amide bonds. The van der Waals surface area contributed by atoms with Crippen molar-refractivity contribution in [1.82, 2.24) is 5.32 Å². The number of benzene rings is 3. The summed E-state index contributed by atoms with van der Waals surface area (Å²) < 4.78 is 28.1. The summed E-state index contributed by atoms with van der Waals surface area (Å²) in [5.74, 6) is 1.33. The number of aryl methyl sites for hydroxylation is 1. The molecule has 0 atom stereocenters. The number of hydrogen-bond acceptors (Lipinski definition) is 4. The molecule has 1 N–H and O–H groups in total. The molecule has 8 heteroatoms. The van der Waals surface area contributed by atoms with Gasteiger partial charge in [-0.1, -0.05) is 60.1 Å². The normalized spacial score (nSPS) is 11.3. The minimum Gasteiger partial charge on any atom is -0.354 e. The molecule has 0 unspecified atom stereocenters. The van der Waals surface area contributed by atoms with Gasteiger partial charge in [0.05, 0.1) is 10.6 Å². The average molecular weight is 517 g/mol. The van der Waals surface area contributed by atoms with Crippen LogP contribution >= 0.6 is 23.4 Å². The van der Waals surface area contributed by atoms with E-state index in [4.69, 9.17) is 11.6 Å². The molecule has 0 radical (unpaired) electrons. The zero-order valence-corrected chi connectivity index (χ0v) is 21.7. The second-order valence-electron chi connectivity index (χ2n) is 7.89. The van der Waals surface area contributed by atoms with Crippen molar-refractivity contribution in [2.24, 2.45) is 0 Å². The van der Waals surface area contributed by atoms with Crippen LogP contribution in [0.25, 0.3) is 0 Å². The van der Waals surface area contributed by atoms with Gasteiger partial charge in [0.2, 0.25) is 5.91 Å². The Labute approximate surface area is 211 Å². The number of carbonyl (C=O) groups is 1. The van der Waals surface area contributed by atoms with E-state index in [0.29, 0.717) is 12.2 Å². The molecule has 0 fully saturated rings. The van der Waals surface area contributed by atoms with Crippen LogP contribution in [0.5, 0.6) is 0 Å². The third-order valence-corrected chi connectivity index (χ3v) is 8.70. The van der Waals surface area contributed by atoms with Crippen LogP contribution in [0.2, 0.25) is 5.02 Å². The van der Waals surface area contributed by atoms with Crippen molar-refractivity contribution in [2.75, 3.05) is 23.1 Å². The van der Waals surface area contributed by atoms with E-state index in [1.54, 1.807) is 54.2 Å². The van der Waals surface area contributed by atoms with Crippen molar-refractivity contribution >= 4 is 45.0 Å². The lowest BCUT2D eigenvalue weighted by Crippen LogP contribution is -2.41. The SMILES string of the molecule is Cc1cccc(N(CC(=O)NCCCSCc2ccccc2Cl)S(=O)(=O)c2ccccc2)c1C. The second-order valence-corrected chi connectivity index (χ2v) is 11.3. The maximum atomic E-state index is 13.4. The molecule has 0 saturated carbocycles. The summed E-state index contributed by atoms with van der Waals surface area (Å²) in [6, 6.07) is 21.4. The molecule has 0 aliphatic heterocycles. The van der Waals surface area contributed by atoms with E-state index in [2.05, 4.69) is 5.32 Å². The van der Waals surface area contributed by atoms with Crippen LogP contribution in [0.1, 0.15) is 23.1 Å². The number of sulfonamides is 1. The first kappa shape index (κ1) is 26.1. The Morgan fingerprint density at radius 1 is 0.971 bits per heavy atom. The van der Waals surface area contributed by atoms with Gasteiger partial charge < -0.3 is 5.32 Å². The van der Waals surface area contributed by atoms with Gasteiger partial charge in [-0.3, -0.25) is 9.10 Å². The minimum atomic E-state index is -3.91. The number of carbonyl (C=O) groups excluding carboxylic acids is 1. The molecule has 0 spiro atoms. The highest BCUT2D eigenvalue weighted by Crippen LogP contribution is 2.28. The molecule has 180 valence electrons. The first-order chi connectivity index (χ1) is 16.3. The van der Waals surface area contributed by atoms with Gasteiger partial charge in [0.1, 0.15) is 6.54 Å². The number of nitrogens with one attached hydrogen (secondary N) is 1. The summed E-state index contributed by atoms with van der Waals surface area (Å²) in [7, 11) is -3.91. The fourth-order valence-corrected chi connectivity index (χ4v) is 6.16. The van der Waals surface area contributed by atoms with Crippen LogP contribution in [0.15, 0.2) is 77.7 Å². The standard InChI is InChI=1S/C26H29ClN2O3S2/c1-20-10-8-15-25(21(20)2)29(34(31,32)23-12-4-3-5-13-23)18-26(30)28-16-9-17-33-19-22-11-6-7-14-24(22)27/h3-8,10-15H,9,16-19H2,1-2H3,(H,28,30). The molecule has 0 bridgehead atoms. The average Bonchev–Trinajstić information content (AvgIpc) is 2.83. The predicted molar refractivity (Wildman–Crippen MR) is 142 cm³/mol. The summed E-state index contributed by atoms with van der Waals surface area (Å²) in [5, 5.41) is 3.62. The van der Waals surface area contributed by atoms with E-state index in [1.165, 1.54) is 4.31 Å². The number of halogens is 1. The first-order valence-electron chi connectivity index (χ1n) is 11.0. The Bertz CT molecular complexity index is 1220. The van der Waals surface area contributed by atoms with Gasteiger partial charge in [-0.05, 0) is 67.0 Å². The minimum absolute atomic E-state index is 0.152. The van der Waals surface area contributed by atoms with Gasteiger partial charge >= 0.3 is 0 Å². The van der Waals surface area contributed by atoms with Gasteiger partial charge in [0.15, 0.2) is 0 Å². The third-order valence-electron chi connectivity index (χ3n) is 5.47. The lowest BCUT2D eigenvalue weighted by atomic mass is 10.1. The Balaban J connectivity index is 1.62. The fourth-order valence-electron chi connectivity index (χ4n) is 3.41. The largest absolute Gasteiger partial charge is 0.354 e. The van der Waals surface area contributed by atoms with Crippen molar-refractivity contribution in [3.8, 4) is 0 Å². The highest BCUT2D eigenvalue weighted by molar-refractivity contribution is 7.98. The number of thioether (sulfide) groups is 1. The summed E-state index contributed by atoms with van der Waals surface area (Å²) in [4.78, 5) is 12.9. The smallest absolute Gasteiger partial charge is 0.264 e. The van der Waals surface area contributed by atoms with Crippen LogP contribution in [-0.2, 0) is 20.6 Å². The molecular weight excluding hydrogens is 488 g/mol. The zero-order valence-electron chi connectivity index (χ0n) is 19.3. The van der Waals surface area contributed by atoms with Gasteiger partial charge in [-0.25, -0.2) is 8.42 Å². The number of anilines is 1. The summed E-state index contributed by atoms with van der Waals surface area (Å²) in [6.45, 7) is 3.98. The third kappa shape index (κ3) is 6.78. The molecule has 3 rings (SSSR count). The Morgan fingerprint density at radius 2 is 1.68 bits per heavy atom. The van der Waals surface area contributed by atoms with Gasteiger partial charge in [0.25, 0.3) is 10.0 Å². The van der Waals surface area contributed by atoms with Crippen LogP contribution in [0.4, 0.5) is 5.69 Å². The highest BCUT2D eigenvalue weighted by Gasteiger charge is 2.28. The predicted octanol–water partition coefficient (Wildman–Crippen LogP) is 5.59. The van der Waals surface area contributed by atoms with Crippen LogP contribution in [0.3, 0.4) is 0 Å². The molecule has 0 aromatic heterocycles. The molecule has 0 heterocycles. The zero-order chi connectivity index (χ0) is 24.6. The maximum Gasteiger partial charge on any atom is 0.264 e. The van der Waals surface area contributed by atoms with Gasteiger partial charge in [-0.2, -0.15) is 11.8 Å². The van der Waals surface area contributed by atoms with E-state index < -0.39 is 10.0 Å². The van der Waals surface area contributed by atoms with Crippen molar-refractivity contribution in [3.63, 3.8) is 0 Å². The lowest BCUT2D eigenvalue weighted by molar-refractivity contribution is -0.119. The molecule has 3 aromatic carbocycles. The molecule has 0 aliphatic rings. The molecular formula is C26H29ClN2O3S2. The first-order valence-corrected chi connectivity index (χ1v) is 14.0. The molecule has 0 aliphatic carbocycles. The molecule has 0 saturated heterocycles. The number of rotatable bonds is 11. The van der Waals surface area contributed by atoms with Crippen molar-refractivity contribution in [3.05, 3.63) is 94.5 Å². The van der Waals surface area contributed by atoms with Crippen LogP contribution in [-0.4, -0.2) is 33.2 Å². The summed E-state index contributed by atoms with van der Waals surface area (Å²) >= 11 is 7.93. The fraction of sp³-hybridized carbons (Fsp3) is 0.269. The van der Waals surface area contributed by atoms with Crippen LogP contribution in [0, 0.1) is 13.8 Å². The topological polar surface area (TPSA) is 66.5 Å². The Kier molecular flexibility index (Phi) is 9.45. The number of nitrogens with zero attached hydrogens (tertiary/aromatic N) is 1. The van der Waals surface area contributed by atoms with Gasteiger partial charge in [0, 0.05) is 17.3 Å². The number of amides is 1. The van der Waals surface area contributed by atoms with E-state index in [1.807, 2.05) is 44.2 Å². The molecule has 5 nitrogen and oxygen atoms in total. The number of hydrogen-bond donors (Lipinski definition) is 1.